The predicted molar refractivity (Wildman–Crippen MR) is 81.4 cm³/mol. The summed E-state index contributed by atoms with van der Waals surface area (Å²) in [7, 11) is 0. The number of nitrogens with one attached hydrogen (secondary N) is 1. The number of hydrogen-bond donors (Lipinski definition) is 1. The molecule has 3 atom stereocenters. The molecule has 1 rings (SSSR count). The summed E-state index contributed by atoms with van der Waals surface area (Å²) in [5.74, 6) is 0.00553. The zero-order valence-corrected chi connectivity index (χ0v) is 13.9. The number of hydrogen-bond acceptors (Lipinski definition) is 5. The van der Waals surface area contributed by atoms with Crippen LogP contribution in [0.3, 0.4) is 0 Å². The molecule has 1 saturated heterocycles. The molecular weight excluding hydrogens is 286 g/mol. The van der Waals surface area contributed by atoms with E-state index in [1.165, 1.54) is 0 Å². The molecule has 1 fully saturated rings. The predicted octanol–water partition coefficient (Wildman–Crippen LogP) is 2.59. The van der Waals surface area contributed by atoms with Gasteiger partial charge in [-0.2, -0.15) is 0 Å². The smallest absolute Gasteiger partial charge is 0.408 e. The number of alkyl carbamates (subject to hydrolysis) is 1. The number of rotatable bonds is 7. The zero-order valence-electron chi connectivity index (χ0n) is 13.9. The number of carbonyl (C=O) groups excluding carboxylic acids is 3. The van der Waals surface area contributed by atoms with Crippen LogP contribution in [-0.4, -0.2) is 36.1 Å². The Kier molecular flexibility index (Phi) is 6.84. The van der Waals surface area contributed by atoms with E-state index in [-0.39, 0.29) is 24.0 Å². The van der Waals surface area contributed by atoms with Crippen LogP contribution >= 0.6 is 0 Å². The van der Waals surface area contributed by atoms with Gasteiger partial charge in [0, 0.05) is 12.8 Å². The van der Waals surface area contributed by atoms with Gasteiger partial charge in [-0.25, -0.2) is 4.79 Å². The third-order valence-corrected chi connectivity index (χ3v) is 3.50. The van der Waals surface area contributed by atoms with E-state index >= 15 is 0 Å². The van der Waals surface area contributed by atoms with E-state index in [1.807, 2.05) is 6.92 Å². The standard InChI is InChI=1S/C16H27NO5/c1-11(6-5-9-18)10-12(13-7-8-14(19)21-13)17-15(20)22-16(2,3)4/h9,11-13H,5-8,10H2,1-4H3,(H,17,20). The van der Waals surface area contributed by atoms with Gasteiger partial charge in [0.25, 0.3) is 0 Å². The Bertz CT molecular complexity index is 402. The number of cyclic esters (lactones) is 1. The molecule has 0 aromatic rings. The van der Waals surface area contributed by atoms with Crippen LogP contribution < -0.4 is 5.32 Å². The maximum atomic E-state index is 12.0. The Morgan fingerprint density at radius 3 is 2.68 bits per heavy atom. The van der Waals surface area contributed by atoms with Crippen molar-refractivity contribution in [2.24, 2.45) is 5.92 Å². The van der Waals surface area contributed by atoms with Gasteiger partial charge in [-0.3, -0.25) is 4.79 Å². The highest BCUT2D eigenvalue weighted by molar-refractivity contribution is 5.72. The fourth-order valence-electron chi connectivity index (χ4n) is 2.50. The summed E-state index contributed by atoms with van der Waals surface area (Å²) >= 11 is 0. The van der Waals surface area contributed by atoms with Gasteiger partial charge >= 0.3 is 12.1 Å². The third-order valence-electron chi connectivity index (χ3n) is 3.50. The average Bonchev–Trinajstić information content (AvgIpc) is 2.80. The topological polar surface area (TPSA) is 81.7 Å². The number of esters is 1. The van der Waals surface area contributed by atoms with E-state index in [4.69, 9.17) is 9.47 Å². The third kappa shape index (κ3) is 6.91. The van der Waals surface area contributed by atoms with Crippen LogP contribution in [0.1, 0.15) is 59.8 Å². The van der Waals surface area contributed by atoms with Crippen molar-refractivity contribution >= 4 is 18.3 Å². The van der Waals surface area contributed by atoms with Gasteiger partial charge < -0.3 is 19.6 Å². The molecule has 1 aliphatic heterocycles. The van der Waals surface area contributed by atoms with Gasteiger partial charge in [0.2, 0.25) is 0 Å². The van der Waals surface area contributed by atoms with E-state index in [2.05, 4.69) is 5.32 Å². The van der Waals surface area contributed by atoms with Crippen LogP contribution in [-0.2, 0) is 19.1 Å². The average molecular weight is 313 g/mol. The molecule has 0 saturated carbocycles. The largest absolute Gasteiger partial charge is 0.460 e. The molecule has 0 spiro atoms. The van der Waals surface area contributed by atoms with Crippen molar-refractivity contribution in [2.75, 3.05) is 0 Å². The quantitative estimate of drug-likeness (QED) is 0.577. The van der Waals surface area contributed by atoms with Gasteiger partial charge in [-0.15, -0.1) is 0 Å². The van der Waals surface area contributed by atoms with Crippen molar-refractivity contribution in [1.29, 1.82) is 0 Å². The Hall–Kier alpha value is -1.59. The number of carbonyl (C=O) groups is 3. The molecule has 1 N–H and O–H groups in total. The fourth-order valence-corrected chi connectivity index (χ4v) is 2.50. The SMILES string of the molecule is CC(CCC=O)CC(NC(=O)OC(C)(C)C)C1CCC(=O)O1. The first-order valence-electron chi connectivity index (χ1n) is 7.84. The number of amides is 1. The molecule has 0 aliphatic carbocycles. The summed E-state index contributed by atoms with van der Waals surface area (Å²) in [6, 6.07) is -0.289. The Balaban J connectivity index is 2.63. The van der Waals surface area contributed by atoms with Gasteiger partial charge in [-0.05, 0) is 46.0 Å². The number of aldehydes is 1. The second-order valence-electron chi connectivity index (χ2n) is 6.90. The molecule has 6 heteroatoms. The zero-order chi connectivity index (χ0) is 16.8. The van der Waals surface area contributed by atoms with Crippen molar-refractivity contribution in [1.82, 2.24) is 5.32 Å². The first-order valence-corrected chi connectivity index (χ1v) is 7.84. The second-order valence-corrected chi connectivity index (χ2v) is 6.90. The lowest BCUT2D eigenvalue weighted by atomic mass is 9.93. The summed E-state index contributed by atoms with van der Waals surface area (Å²) in [6.07, 6.45) is 2.91. The van der Waals surface area contributed by atoms with Crippen LogP contribution in [0.5, 0.6) is 0 Å². The van der Waals surface area contributed by atoms with Crippen LogP contribution in [0.25, 0.3) is 0 Å². The minimum Gasteiger partial charge on any atom is -0.460 e. The van der Waals surface area contributed by atoms with Crippen molar-refractivity contribution in [3.05, 3.63) is 0 Å². The molecule has 1 aliphatic rings. The highest BCUT2D eigenvalue weighted by atomic mass is 16.6. The molecule has 22 heavy (non-hydrogen) atoms. The first kappa shape index (κ1) is 18.5. The van der Waals surface area contributed by atoms with E-state index in [9.17, 15) is 14.4 Å². The lowest BCUT2D eigenvalue weighted by Gasteiger charge is -2.28. The van der Waals surface area contributed by atoms with Crippen LogP contribution in [0, 0.1) is 5.92 Å². The second kappa shape index (κ2) is 8.15. The molecule has 0 aromatic heterocycles. The molecule has 6 nitrogen and oxygen atoms in total. The maximum absolute atomic E-state index is 12.0. The van der Waals surface area contributed by atoms with Gasteiger partial charge in [0.1, 0.15) is 18.0 Å². The van der Waals surface area contributed by atoms with Gasteiger partial charge in [-0.1, -0.05) is 6.92 Å². The lowest BCUT2D eigenvalue weighted by molar-refractivity contribution is -0.142. The maximum Gasteiger partial charge on any atom is 0.408 e. The summed E-state index contributed by atoms with van der Waals surface area (Å²) in [6.45, 7) is 7.40. The van der Waals surface area contributed by atoms with Crippen LogP contribution in [0.15, 0.2) is 0 Å². The summed E-state index contributed by atoms with van der Waals surface area (Å²) in [4.78, 5) is 33.8. The van der Waals surface area contributed by atoms with Gasteiger partial charge in [0.15, 0.2) is 0 Å². The molecule has 126 valence electrons. The molecule has 0 bridgehead atoms. The first-order chi connectivity index (χ1) is 10.2. The molecule has 0 radical (unpaired) electrons. The summed E-state index contributed by atoms with van der Waals surface area (Å²) in [5, 5.41) is 2.82. The minimum absolute atomic E-state index is 0.235. The van der Waals surface area contributed by atoms with Crippen molar-refractivity contribution in [3.63, 3.8) is 0 Å². The molecular formula is C16H27NO5. The van der Waals surface area contributed by atoms with E-state index in [1.54, 1.807) is 20.8 Å². The van der Waals surface area contributed by atoms with E-state index < -0.39 is 11.7 Å². The van der Waals surface area contributed by atoms with E-state index in [0.29, 0.717) is 25.7 Å². The monoisotopic (exact) mass is 313 g/mol. The summed E-state index contributed by atoms with van der Waals surface area (Å²) in [5.41, 5.74) is -0.579. The van der Waals surface area contributed by atoms with Crippen molar-refractivity contribution in [2.45, 2.75) is 77.5 Å². The lowest BCUT2D eigenvalue weighted by Crippen LogP contribution is -2.46. The Morgan fingerprint density at radius 1 is 1.50 bits per heavy atom. The Morgan fingerprint density at radius 2 is 2.18 bits per heavy atom. The highest BCUT2D eigenvalue weighted by Gasteiger charge is 2.33. The van der Waals surface area contributed by atoms with Gasteiger partial charge in [0.05, 0.1) is 6.04 Å². The highest BCUT2D eigenvalue weighted by Crippen LogP contribution is 2.23. The number of ether oxygens (including phenoxy) is 2. The van der Waals surface area contributed by atoms with Crippen molar-refractivity contribution < 1.29 is 23.9 Å². The normalized spacial score (nSPS) is 20.9. The molecule has 1 amide bonds. The van der Waals surface area contributed by atoms with Crippen molar-refractivity contribution in [3.8, 4) is 0 Å². The molecule has 0 aromatic carbocycles. The Labute approximate surface area is 131 Å². The fraction of sp³-hybridized carbons (Fsp3) is 0.812. The van der Waals surface area contributed by atoms with Crippen LogP contribution in [0.4, 0.5) is 4.79 Å². The van der Waals surface area contributed by atoms with Crippen LogP contribution in [0.2, 0.25) is 0 Å². The summed E-state index contributed by atoms with van der Waals surface area (Å²) < 4.78 is 10.6. The minimum atomic E-state index is -0.579. The van der Waals surface area contributed by atoms with E-state index in [0.717, 1.165) is 12.7 Å². The molecule has 3 unspecified atom stereocenters. The molecule has 1 heterocycles.